The fraction of sp³-hybridized carbons (Fsp3) is 0.267. The van der Waals surface area contributed by atoms with Crippen molar-refractivity contribution >= 4 is 52.0 Å². The zero-order chi connectivity index (χ0) is 37.2. The van der Waals surface area contributed by atoms with Crippen molar-refractivity contribution in [1.29, 1.82) is 0 Å². The van der Waals surface area contributed by atoms with Gasteiger partial charge in [0.05, 0.1) is 20.9 Å². The van der Waals surface area contributed by atoms with Crippen molar-refractivity contribution in [2.45, 2.75) is 48.7 Å². The van der Waals surface area contributed by atoms with Crippen LogP contribution in [0.5, 0.6) is 11.5 Å². The molecule has 4 rings (SSSR count). The van der Waals surface area contributed by atoms with Crippen LogP contribution in [0.25, 0.3) is 0 Å². The second kappa shape index (κ2) is 17.3. The number of carbonyl (C=O) groups is 1. The van der Waals surface area contributed by atoms with E-state index in [9.17, 15) is 48.0 Å². The van der Waals surface area contributed by atoms with Crippen LogP contribution in [-0.4, -0.2) is 53.4 Å². The molecule has 0 fully saturated rings. The fourth-order valence-electron chi connectivity index (χ4n) is 3.96. The average Bonchev–Trinajstić information content (AvgIpc) is 3.48. The van der Waals surface area contributed by atoms with Gasteiger partial charge < -0.3 is 14.8 Å². The quantitative estimate of drug-likeness (QED) is 0.0571. The summed E-state index contributed by atoms with van der Waals surface area (Å²) in [6, 6.07) is 15.0. The largest absolute Gasteiger partial charge is 0.573 e. The van der Waals surface area contributed by atoms with Crippen LogP contribution >= 0.6 is 22.0 Å². The Morgan fingerprint density at radius 1 is 0.780 bits per heavy atom. The lowest BCUT2D eigenvalue weighted by Gasteiger charge is -2.10. The van der Waals surface area contributed by atoms with Gasteiger partial charge in [0, 0.05) is 29.3 Å². The molecular formula is C30H28ClF6N3O7S3. The van der Waals surface area contributed by atoms with Crippen molar-refractivity contribution < 1.29 is 57.4 Å². The molecule has 1 heterocycles. The first-order valence-electron chi connectivity index (χ1n) is 14.2. The van der Waals surface area contributed by atoms with Crippen molar-refractivity contribution in [3.05, 3.63) is 95.0 Å². The number of aryl methyl sites for hydroxylation is 1. The molecule has 0 aliphatic heterocycles. The number of halogens is 7. The molecule has 0 bridgehead atoms. The Kier molecular flexibility index (Phi) is 14.1. The molecule has 0 atom stereocenters. The molecular weight excluding hydrogens is 760 g/mol. The van der Waals surface area contributed by atoms with E-state index in [1.807, 2.05) is 25.1 Å². The summed E-state index contributed by atoms with van der Waals surface area (Å²) < 4.78 is 127. The third kappa shape index (κ3) is 13.8. The number of nitrogens with one attached hydrogen (secondary N) is 2. The number of benzene rings is 3. The van der Waals surface area contributed by atoms with Crippen LogP contribution in [0.4, 0.5) is 31.5 Å². The number of rotatable bonds is 14. The molecule has 10 nitrogen and oxygen atoms in total. The van der Waals surface area contributed by atoms with E-state index < -0.39 is 43.3 Å². The minimum absolute atomic E-state index is 0.0662. The number of nitrogens with zero attached hydrogens (tertiary/aromatic N) is 1. The maximum absolute atomic E-state index is 12.6. The van der Waals surface area contributed by atoms with Crippen molar-refractivity contribution in [2.24, 2.45) is 0 Å². The first-order chi connectivity index (χ1) is 23.2. The second-order valence-electron chi connectivity index (χ2n) is 10.0. The molecule has 20 heteroatoms. The molecule has 0 spiro atoms. The van der Waals surface area contributed by atoms with Gasteiger partial charge in [0.15, 0.2) is 5.13 Å². The Bertz CT molecular complexity index is 1940. The van der Waals surface area contributed by atoms with Crippen molar-refractivity contribution in [3.63, 3.8) is 0 Å². The summed E-state index contributed by atoms with van der Waals surface area (Å²) in [5.74, 6) is -1.06. The first kappa shape index (κ1) is 40.5. The van der Waals surface area contributed by atoms with Crippen LogP contribution in [0.2, 0.25) is 0 Å². The Balaban J connectivity index is 0.000000376. The van der Waals surface area contributed by atoms with E-state index in [1.54, 1.807) is 12.3 Å². The van der Waals surface area contributed by atoms with Gasteiger partial charge >= 0.3 is 12.7 Å². The van der Waals surface area contributed by atoms with E-state index in [2.05, 4.69) is 24.5 Å². The zero-order valence-corrected chi connectivity index (χ0v) is 28.9. The van der Waals surface area contributed by atoms with Gasteiger partial charge in [-0.3, -0.25) is 4.79 Å². The molecule has 4 aromatic rings. The third-order valence-electron chi connectivity index (χ3n) is 6.25. The molecule has 2 N–H and O–H groups in total. The van der Waals surface area contributed by atoms with Gasteiger partial charge in [-0.05, 0) is 73.9 Å². The highest BCUT2D eigenvalue weighted by Gasteiger charge is 2.32. The lowest BCUT2D eigenvalue weighted by molar-refractivity contribution is -0.275. The lowest BCUT2D eigenvalue weighted by atomic mass is 10.0. The SMILES string of the molecule is Cc1ccccc1C(=O)c1cnc(NCCCCCNS(=O)(=O)c2ccc(OC(F)(F)F)cc2)s1.O=S(=O)(Cl)c1ccc(OC(F)(F)F)cc1. The van der Waals surface area contributed by atoms with Gasteiger partial charge in [-0.1, -0.05) is 42.0 Å². The van der Waals surface area contributed by atoms with Gasteiger partial charge in [0.25, 0.3) is 9.05 Å². The highest BCUT2D eigenvalue weighted by molar-refractivity contribution is 8.13. The lowest BCUT2D eigenvalue weighted by Crippen LogP contribution is -2.25. The van der Waals surface area contributed by atoms with Gasteiger partial charge in [-0.15, -0.1) is 26.3 Å². The molecule has 0 radical (unpaired) electrons. The number of carbonyl (C=O) groups excluding carboxylic acids is 1. The summed E-state index contributed by atoms with van der Waals surface area (Å²) in [6.45, 7) is 2.69. The molecule has 0 amide bonds. The van der Waals surface area contributed by atoms with E-state index in [0.29, 0.717) is 28.5 Å². The number of alkyl halides is 6. The summed E-state index contributed by atoms with van der Waals surface area (Å²) >= 11 is 1.28. The number of unbranched alkanes of at least 4 members (excludes halogenated alkanes) is 2. The number of ether oxygens (including phenoxy) is 2. The Hall–Kier alpha value is -3.91. The van der Waals surface area contributed by atoms with E-state index >= 15 is 0 Å². The Morgan fingerprint density at radius 2 is 1.30 bits per heavy atom. The van der Waals surface area contributed by atoms with E-state index in [-0.39, 0.29) is 22.1 Å². The van der Waals surface area contributed by atoms with E-state index in [1.165, 1.54) is 11.3 Å². The van der Waals surface area contributed by atoms with E-state index in [4.69, 9.17) is 10.7 Å². The highest BCUT2D eigenvalue weighted by Crippen LogP contribution is 2.26. The molecule has 272 valence electrons. The van der Waals surface area contributed by atoms with E-state index in [0.717, 1.165) is 66.9 Å². The van der Waals surface area contributed by atoms with Crippen LogP contribution in [0, 0.1) is 6.92 Å². The van der Waals surface area contributed by atoms with Gasteiger partial charge in [-0.2, -0.15) is 0 Å². The standard InChI is InChI=1S/C23H24F3N3O4S2.C7H4ClF3O3S/c1-16-7-3-4-8-19(16)21(30)20-15-28-22(34-20)27-13-5-2-6-14-29-35(31,32)18-11-9-17(10-12-18)33-23(24,25)26;8-15(12,13)6-3-1-5(2-4-6)14-7(9,10)11/h3-4,7-12,15,29H,2,5-6,13-14H2,1H3,(H,27,28);1-4H. The molecule has 3 aromatic carbocycles. The van der Waals surface area contributed by atoms with Gasteiger partial charge in [0.2, 0.25) is 15.8 Å². The summed E-state index contributed by atoms with van der Waals surface area (Å²) in [6.07, 6.45) is -6.03. The minimum Gasteiger partial charge on any atom is -0.406 e. The summed E-state index contributed by atoms with van der Waals surface area (Å²) in [5.41, 5.74) is 1.55. The molecule has 0 aliphatic carbocycles. The number of sulfonamides is 1. The first-order valence-corrected chi connectivity index (χ1v) is 18.8. The Morgan fingerprint density at radius 3 is 1.82 bits per heavy atom. The average molecular weight is 788 g/mol. The van der Waals surface area contributed by atoms with Gasteiger partial charge in [-0.25, -0.2) is 26.5 Å². The monoisotopic (exact) mass is 787 g/mol. The normalized spacial score (nSPS) is 12.1. The van der Waals surface area contributed by atoms with Crippen LogP contribution in [0.15, 0.2) is 88.8 Å². The maximum Gasteiger partial charge on any atom is 0.573 e. The number of ketones is 1. The topological polar surface area (TPSA) is 141 Å². The summed E-state index contributed by atoms with van der Waals surface area (Å²) in [4.78, 5) is 17.0. The number of thiazole rings is 1. The molecule has 50 heavy (non-hydrogen) atoms. The smallest absolute Gasteiger partial charge is 0.406 e. The fourth-order valence-corrected chi connectivity index (χ4v) is 6.60. The van der Waals surface area contributed by atoms with Crippen LogP contribution in [0.3, 0.4) is 0 Å². The highest BCUT2D eigenvalue weighted by atomic mass is 35.7. The van der Waals surface area contributed by atoms with Crippen LogP contribution in [-0.2, 0) is 19.1 Å². The summed E-state index contributed by atoms with van der Waals surface area (Å²) in [5, 5.41) is 3.80. The van der Waals surface area contributed by atoms with Crippen molar-refractivity contribution in [1.82, 2.24) is 9.71 Å². The van der Waals surface area contributed by atoms with Crippen molar-refractivity contribution in [2.75, 3.05) is 18.4 Å². The minimum atomic E-state index is -4.84. The van der Waals surface area contributed by atoms with Crippen molar-refractivity contribution in [3.8, 4) is 11.5 Å². The van der Waals surface area contributed by atoms with Crippen LogP contribution < -0.4 is 19.5 Å². The predicted octanol–water partition coefficient (Wildman–Crippen LogP) is 7.65. The molecule has 0 saturated heterocycles. The Labute approximate surface area is 291 Å². The summed E-state index contributed by atoms with van der Waals surface area (Å²) in [7, 11) is -2.81. The zero-order valence-electron chi connectivity index (χ0n) is 25.7. The van der Waals surface area contributed by atoms with Crippen LogP contribution in [0.1, 0.15) is 40.1 Å². The number of hydrogen-bond acceptors (Lipinski definition) is 10. The molecule has 1 aromatic heterocycles. The molecule has 0 saturated carbocycles. The molecule has 0 unspecified atom stereocenters. The predicted molar refractivity (Wildman–Crippen MR) is 174 cm³/mol. The number of hydrogen-bond donors (Lipinski definition) is 2. The molecule has 0 aliphatic rings. The maximum atomic E-state index is 12.6. The number of aromatic nitrogens is 1. The number of anilines is 1. The van der Waals surface area contributed by atoms with Gasteiger partial charge in [0.1, 0.15) is 11.5 Å². The third-order valence-corrected chi connectivity index (χ3v) is 10.0. The second-order valence-corrected chi connectivity index (χ2v) is 15.4.